The number of fused-ring (bicyclic) bond motifs is 3. The molecule has 31 heavy (non-hydrogen) atoms. The molecule has 0 spiro atoms. The maximum Gasteiger partial charge on any atom is 0.267 e. The highest BCUT2D eigenvalue weighted by Gasteiger charge is 2.29. The first-order valence-electron chi connectivity index (χ1n) is 11.0. The lowest BCUT2D eigenvalue weighted by molar-refractivity contribution is -0.119. The van der Waals surface area contributed by atoms with Gasteiger partial charge in [0.05, 0.1) is 16.3 Å². The van der Waals surface area contributed by atoms with Crippen LogP contribution in [-0.2, 0) is 17.6 Å². The number of ketones is 1. The van der Waals surface area contributed by atoms with Crippen LogP contribution in [-0.4, -0.2) is 20.6 Å². The molecule has 162 valence electrons. The van der Waals surface area contributed by atoms with Crippen molar-refractivity contribution in [2.45, 2.75) is 69.2 Å². The van der Waals surface area contributed by atoms with E-state index in [0.29, 0.717) is 28.2 Å². The fourth-order valence-corrected chi connectivity index (χ4v) is 7.43. The minimum absolute atomic E-state index is 0.0391. The molecular weight excluding hydrogens is 448 g/mol. The van der Waals surface area contributed by atoms with Crippen molar-refractivity contribution < 1.29 is 4.79 Å². The van der Waals surface area contributed by atoms with Crippen molar-refractivity contribution in [3.63, 3.8) is 0 Å². The lowest BCUT2D eigenvalue weighted by Crippen LogP contribution is -2.26. The number of carbonyl (C=O) groups excluding carboxylic acids is 1. The summed E-state index contributed by atoms with van der Waals surface area (Å²) in [6.07, 6.45) is 6.49. The highest BCUT2D eigenvalue weighted by Crippen LogP contribution is 2.38. The van der Waals surface area contributed by atoms with Crippen LogP contribution < -0.4 is 5.56 Å². The standard InChI is InChI=1S/C24H25ClN2O2S2/c1-13-7-10-16-20(11-13)30-22-21(16)23(29)27(15-9-8-14(2)17(25)12-15)24(26-22)31-19-6-4-3-5-18(19)28/h8-9,12-13,19H,3-7,10-11H2,1-2H3. The zero-order valence-electron chi connectivity index (χ0n) is 17.7. The first-order valence-corrected chi connectivity index (χ1v) is 13.0. The summed E-state index contributed by atoms with van der Waals surface area (Å²) < 4.78 is 1.69. The Kier molecular flexibility index (Phi) is 5.74. The Morgan fingerprint density at radius 3 is 2.81 bits per heavy atom. The van der Waals surface area contributed by atoms with Crippen LogP contribution in [0.15, 0.2) is 28.2 Å². The molecule has 7 heteroatoms. The molecule has 3 aromatic rings. The van der Waals surface area contributed by atoms with Crippen LogP contribution in [0.3, 0.4) is 0 Å². The number of benzene rings is 1. The van der Waals surface area contributed by atoms with E-state index in [2.05, 4.69) is 6.92 Å². The Hall–Kier alpha value is -1.63. The summed E-state index contributed by atoms with van der Waals surface area (Å²) in [7, 11) is 0. The molecule has 1 fully saturated rings. The molecule has 1 aromatic carbocycles. The predicted octanol–water partition coefficient (Wildman–Crippen LogP) is 6.14. The number of rotatable bonds is 3. The van der Waals surface area contributed by atoms with Crippen molar-refractivity contribution in [1.29, 1.82) is 0 Å². The van der Waals surface area contributed by atoms with Crippen LogP contribution in [0.2, 0.25) is 5.02 Å². The number of aryl methyl sites for hydroxylation is 2. The summed E-state index contributed by atoms with van der Waals surface area (Å²) in [6, 6.07) is 5.68. The maximum absolute atomic E-state index is 13.9. The van der Waals surface area contributed by atoms with E-state index < -0.39 is 0 Å². The van der Waals surface area contributed by atoms with Gasteiger partial charge in [0.1, 0.15) is 10.6 Å². The number of thiophene rings is 1. The molecule has 0 amide bonds. The monoisotopic (exact) mass is 472 g/mol. The highest BCUT2D eigenvalue weighted by molar-refractivity contribution is 8.00. The summed E-state index contributed by atoms with van der Waals surface area (Å²) in [4.78, 5) is 33.5. The van der Waals surface area contributed by atoms with Gasteiger partial charge in [-0.2, -0.15) is 0 Å². The van der Waals surface area contributed by atoms with E-state index in [9.17, 15) is 9.59 Å². The zero-order chi connectivity index (χ0) is 21.7. The smallest absolute Gasteiger partial charge is 0.267 e. The number of carbonyl (C=O) groups is 1. The fourth-order valence-electron chi connectivity index (χ4n) is 4.60. The molecule has 2 aromatic heterocycles. The fraction of sp³-hybridized carbons (Fsp3) is 0.458. The van der Waals surface area contributed by atoms with Gasteiger partial charge in [0.25, 0.3) is 5.56 Å². The van der Waals surface area contributed by atoms with Gasteiger partial charge < -0.3 is 0 Å². The summed E-state index contributed by atoms with van der Waals surface area (Å²) in [6.45, 7) is 4.21. The molecule has 0 aliphatic heterocycles. The summed E-state index contributed by atoms with van der Waals surface area (Å²) in [5.41, 5.74) is 2.81. The summed E-state index contributed by atoms with van der Waals surface area (Å²) in [5.74, 6) is 0.894. The van der Waals surface area contributed by atoms with E-state index in [0.717, 1.165) is 54.3 Å². The second kappa shape index (κ2) is 8.38. The molecule has 0 bridgehead atoms. The Labute approximate surface area is 195 Å². The van der Waals surface area contributed by atoms with Crippen LogP contribution in [0.4, 0.5) is 0 Å². The number of Topliss-reactive ketones (excluding diaryl/α,β-unsaturated/α-hetero) is 1. The van der Waals surface area contributed by atoms with E-state index in [1.807, 2.05) is 25.1 Å². The van der Waals surface area contributed by atoms with Crippen molar-refractivity contribution in [2.75, 3.05) is 0 Å². The van der Waals surface area contributed by atoms with Gasteiger partial charge in [0.2, 0.25) is 0 Å². The minimum Gasteiger partial charge on any atom is -0.298 e. The minimum atomic E-state index is -0.139. The van der Waals surface area contributed by atoms with Crippen LogP contribution in [0, 0.1) is 12.8 Å². The van der Waals surface area contributed by atoms with E-state index >= 15 is 0 Å². The van der Waals surface area contributed by atoms with Gasteiger partial charge in [-0.1, -0.05) is 42.8 Å². The largest absolute Gasteiger partial charge is 0.298 e. The molecule has 4 nitrogen and oxygen atoms in total. The molecule has 0 saturated heterocycles. The van der Waals surface area contributed by atoms with E-state index in [4.69, 9.17) is 16.6 Å². The number of hydrogen-bond acceptors (Lipinski definition) is 5. The third-order valence-corrected chi connectivity index (χ3v) is 9.28. The normalized spacial score (nSPS) is 21.5. The number of hydrogen-bond donors (Lipinski definition) is 0. The topological polar surface area (TPSA) is 52.0 Å². The molecule has 0 N–H and O–H groups in total. The quantitative estimate of drug-likeness (QED) is 0.430. The highest BCUT2D eigenvalue weighted by atomic mass is 35.5. The van der Waals surface area contributed by atoms with Gasteiger partial charge >= 0.3 is 0 Å². The van der Waals surface area contributed by atoms with Crippen LogP contribution in [0.1, 0.15) is 55.0 Å². The van der Waals surface area contributed by atoms with Gasteiger partial charge in [0.15, 0.2) is 5.16 Å². The Morgan fingerprint density at radius 2 is 2.03 bits per heavy atom. The van der Waals surface area contributed by atoms with Gasteiger partial charge in [-0.05, 0) is 68.2 Å². The van der Waals surface area contributed by atoms with Gasteiger partial charge in [-0.3, -0.25) is 14.2 Å². The van der Waals surface area contributed by atoms with Crippen LogP contribution >= 0.6 is 34.7 Å². The maximum atomic E-state index is 13.9. The van der Waals surface area contributed by atoms with Crippen molar-refractivity contribution in [3.8, 4) is 5.69 Å². The number of halogens is 1. The summed E-state index contributed by atoms with van der Waals surface area (Å²) >= 11 is 9.52. The van der Waals surface area contributed by atoms with Gasteiger partial charge in [-0.15, -0.1) is 11.3 Å². The van der Waals surface area contributed by atoms with Gasteiger partial charge in [0, 0.05) is 16.3 Å². The second-order valence-corrected chi connectivity index (χ2v) is 11.5. The van der Waals surface area contributed by atoms with Crippen molar-refractivity contribution >= 4 is 50.7 Å². The zero-order valence-corrected chi connectivity index (χ0v) is 20.1. The number of nitrogens with zero attached hydrogens (tertiary/aromatic N) is 2. The SMILES string of the molecule is Cc1ccc(-n2c(SC3CCCCC3=O)nc3sc4c(c3c2=O)CCC(C)C4)cc1Cl. The van der Waals surface area contributed by atoms with E-state index in [1.165, 1.54) is 22.2 Å². The summed E-state index contributed by atoms with van der Waals surface area (Å²) in [5, 5.41) is 1.84. The van der Waals surface area contributed by atoms with Crippen molar-refractivity contribution in [3.05, 3.63) is 49.6 Å². The Bertz CT molecular complexity index is 1250. The molecule has 2 heterocycles. The lowest BCUT2D eigenvalue weighted by Gasteiger charge is -2.21. The molecule has 5 rings (SSSR count). The third kappa shape index (κ3) is 3.87. The number of thioether (sulfide) groups is 1. The first-order chi connectivity index (χ1) is 14.9. The predicted molar refractivity (Wildman–Crippen MR) is 129 cm³/mol. The molecule has 2 unspecified atom stereocenters. The lowest BCUT2D eigenvalue weighted by atomic mass is 9.89. The molecule has 1 saturated carbocycles. The third-order valence-electron chi connectivity index (χ3n) is 6.46. The van der Waals surface area contributed by atoms with Crippen LogP contribution in [0.5, 0.6) is 0 Å². The van der Waals surface area contributed by atoms with Crippen LogP contribution in [0.25, 0.3) is 15.9 Å². The van der Waals surface area contributed by atoms with E-state index in [1.54, 1.807) is 15.9 Å². The molecule has 2 atom stereocenters. The molecular formula is C24H25ClN2O2S2. The van der Waals surface area contributed by atoms with Gasteiger partial charge in [-0.25, -0.2) is 4.98 Å². The molecule has 2 aliphatic carbocycles. The first kappa shape index (κ1) is 21.2. The van der Waals surface area contributed by atoms with Crippen molar-refractivity contribution in [2.24, 2.45) is 5.92 Å². The van der Waals surface area contributed by atoms with Crippen molar-refractivity contribution in [1.82, 2.24) is 9.55 Å². The second-order valence-electron chi connectivity index (χ2n) is 8.82. The Morgan fingerprint density at radius 1 is 1.19 bits per heavy atom. The van der Waals surface area contributed by atoms with E-state index in [-0.39, 0.29) is 16.6 Å². The molecule has 0 radical (unpaired) electrons. The Balaban J connectivity index is 1.72. The average Bonchev–Trinajstić information content (AvgIpc) is 3.09. The average molecular weight is 473 g/mol. The number of aromatic nitrogens is 2. The molecule has 2 aliphatic rings.